The van der Waals surface area contributed by atoms with E-state index in [1.807, 2.05) is 42.3 Å². The zero-order chi connectivity index (χ0) is 16.1. The summed E-state index contributed by atoms with van der Waals surface area (Å²) >= 11 is 0. The molecule has 2 rings (SSSR count). The van der Waals surface area contributed by atoms with Crippen LogP contribution in [0.25, 0.3) is 0 Å². The van der Waals surface area contributed by atoms with E-state index in [0.29, 0.717) is 12.2 Å². The van der Waals surface area contributed by atoms with E-state index in [-0.39, 0.29) is 18.2 Å². The second-order valence-corrected chi connectivity index (χ2v) is 4.86. The van der Waals surface area contributed by atoms with Gasteiger partial charge in [0.25, 0.3) is 0 Å². The Kier molecular flexibility index (Phi) is 4.93. The fourth-order valence-electron chi connectivity index (χ4n) is 2.13. The summed E-state index contributed by atoms with van der Waals surface area (Å²) in [7, 11) is 1.91. The average Bonchev–Trinajstić information content (AvgIpc) is 2.92. The zero-order valence-electron chi connectivity index (χ0n) is 12.9. The molecule has 0 spiro atoms. The summed E-state index contributed by atoms with van der Waals surface area (Å²) in [6.45, 7) is 3.86. The topological polar surface area (TPSA) is 64.4 Å². The van der Waals surface area contributed by atoms with Gasteiger partial charge in [0.05, 0.1) is 18.8 Å². The third-order valence-electron chi connectivity index (χ3n) is 3.16. The van der Waals surface area contributed by atoms with Crippen LogP contribution in [0.3, 0.4) is 0 Å². The molecule has 0 aliphatic carbocycles. The van der Waals surface area contributed by atoms with Crippen molar-refractivity contribution in [3.05, 3.63) is 47.8 Å². The number of hydrogen-bond acceptors (Lipinski definition) is 5. The second kappa shape index (κ2) is 6.89. The summed E-state index contributed by atoms with van der Waals surface area (Å²) in [5.41, 5.74) is 1.80. The molecule has 0 atom stereocenters. The van der Waals surface area contributed by atoms with Gasteiger partial charge in [-0.15, -0.1) is 0 Å². The summed E-state index contributed by atoms with van der Waals surface area (Å²) in [5.74, 6) is -0.766. The number of nitrogens with zero attached hydrogens (tertiary/aromatic N) is 3. The van der Waals surface area contributed by atoms with E-state index >= 15 is 0 Å². The van der Waals surface area contributed by atoms with Crippen LogP contribution in [-0.2, 0) is 11.3 Å². The molecule has 1 aromatic heterocycles. The van der Waals surface area contributed by atoms with Crippen LogP contribution in [-0.4, -0.2) is 35.3 Å². The number of aromatic nitrogens is 2. The monoisotopic (exact) mass is 301 g/mol. The standard InChI is InChI=1S/C16H19N3O3/c1-4-22-16(21)15-10-14(19(17-15)12(2)20)11-18(3)13-8-6-5-7-9-13/h5-10H,4,11H2,1-3H3. The molecule has 116 valence electrons. The van der Waals surface area contributed by atoms with Crippen molar-refractivity contribution in [2.24, 2.45) is 0 Å². The molecule has 0 radical (unpaired) electrons. The van der Waals surface area contributed by atoms with Gasteiger partial charge in [-0.2, -0.15) is 5.10 Å². The SMILES string of the molecule is CCOC(=O)c1cc(CN(C)c2ccccc2)n(C(C)=O)n1. The number of anilines is 1. The number of esters is 1. The Morgan fingerprint density at radius 2 is 1.95 bits per heavy atom. The van der Waals surface area contributed by atoms with Gasteiger partial charge < -0.3 is 9.64 Å². The Morgan fingerprint density at radius 1 is 1.27 bits per heavy atom. The summed E-state index contributed by atoms with van der Waals surface area (Å²) < 4.78 is 6.17. The van der Waals surface area contributed by atoms with E-state index in [1.165, 1.54) is 11.6 Å². The molecule has 6 heteroatoms. The highest BCUT2D eigenvalue weighted by atomic mass is 16.5. The number of carbonyl (C=O) groups is 2. The molecule has 0 saturated heterocycles. The lowest BCUT2D eigenvalue weighted by Crippen LogP contribution is -2.21. The largest absolute Gasteiger partial charge is 0.461 e. The molecule has 0 amide bonds. The number of ether oxygens (including phenoxy) is 1. The van der Waals surface area contributed by atoms with Gasteiger partial charge in [0.15, 0.2) is 5.69 Å². The molecule has 1 aromatic carbocycles. The molecule has 0 fully saturated rings. The Bertz CT molecular complexity index is 665. The average molecular weight is 301 g/mol. The van der Waals surface area contributed by atoms with Gasteiger partial charge in [0, 0.05) is 19.7 Å². The van der Waals surface area contributed by atoms with E-state index in [0.717, 1.165) is 5.69 Å². The van der Waals surface area contributed by atoms with Crippen LogP contribution in [0.1, 0.15) is 34.8 Å². The fourth-order valence-corrected chi connectivity index (χ4v) is 2.13. The lowest BCUT2D eigenvalue weighted by atomic mass is 10.2. The highest BCUT2D eigenvalue weighted by molar-refractivity contribution is 5.88. The van der Waals surface area contributed by atoms with Gasteiger partial charge in [-0.3, -0.25) is 4.79 Å². The molecular weight excluding hydrogens is 282 g/mol. The predicted molar refractivity (Wildman–Crippen MR) is 83.0 cm³/mol. The number of rotatable bonds is 5. The maximum Gasteiger partial charge on any atom is 0.358 e. The van der Waals surface area contributed by atoms with Crippen molar-refractivity contribution in [1.82, 2.24) is 9.78 Å². The minimum absolute atomic E-state index is 0.147. The van der Waals surface area contributed by atoms with Gasteiger partial charge in [-0.1, -0.05) is 18.2 Å². The van der Waals surface area contributed by atoms with E-state index in [4.69, 9.17) is 4.74 Å². The molecule has 1 heterocycles. The molecule has 0 N–H and O–H groups in total. The minimum atomic E-state index is -0.522. The summed E-state index contributed by atoms with van der Waals surface area (Å²) in [6.07, 6.45) is 0. The van der Waals surface area contributed by atoms with Crippen molar-refractivity contribution >= 4 is 17.6 Å². The first kappa shape index (κ1) is 15.8. The van der Waals surface area contributed by atoms with Gasteiger partial charge in [-0.25, -0.2) is 9.48 Å². The van der Waals surface area contributed by atoms with Crippen molar-refractivity contribution in [3.8, 4) is 0 Å². The third kappa shape index (κ3) is 3.52. The molecule has 2 aromatic rings. The molecule has 0 saturated carbocycles. The van der Waals surface area contributed by atoms with Crippen LogP contribution in [0.4, 0.5) is 5.69 Å². The number of carbonyl (C=O) groups excluding carboxylic acids is 2. The third-order valence-corrected chi connectivity index (χ3v) is 3.16. The Hall–Kier alpha value is -2.63. The van der Waals surface area contributed by atoms with Gasteiger partial charge >= 0.3 is 5.97 Å². The number of hydrogen-bond donors (Lipinski definition) is 0. The van der Waals surface area contributed by atoms with Crippen molar-refractivity contribution in [1.29, 1.82) is 0 Å². The normalized spacial score (nSPS) is 10.3. The number of para-hydroxylation sites is 1. The van der Waals surface area contributed by atoms with Crippen LogP contribution < -0.4 is 4.90 Å². The maximum atomic E-state index is 11.8. The van der Waals surface area contributed by atoms with Crippen LogP contribution in [0.15, 0.2) is 36.4 Å². The summed E-state index contributed by atoms with van der Waals surface area (Å²) in [5, 5.41) is 4.04. The zero-order valence-corrected chi connectivity index (χ0v) is 12.9. The first-order valence-corrected chi connectivity index (χ1v) is 7.06. The van der Waals surface area contributed by atoms with Crippen molar-refractivity contribution in [2.75, 3.05) is 18.6 Å². The predicted octanol–water partition coefficient (Wildman–Crippen LogP) is 2.36. The quantitative estimate of drug-likeness (QED) is 0.793. The first-order valence-electron chi connectivity index (χ1n) is 7.06. The molecule has 6 nitrogen and oxygen atoms in total. The lowest BCUT2D eigenvalue weighted by Gasteiger charge is -2.19. The van der Waals surface area contributed by atoms with Crippen LogP contribution in [0, 0.1) is 0 Å². The molecule has 0 aliphatic rings. The first-order chi connectivity index (χ1) is 10.5. The summed E-state index contributed by atoms with van der Waals surface area (Å²) in [4.78, 5) is 25.5. The van der Waals surface area contributed by atoms with Gasteiger partial charge in [-0.05, 0) is 25.1 Å². The van der Waals surface area contributed by atoms with Gasteiger partial charge in [0.2, 0.25) is 5.91 Å². The second-order valence-electron chi connectivity index (χ2n) is 4.86. The maximum absolute atomic E-state index is 11.8. The van der Waals surface area contributed by atoms with E-state index < -0.39 is 5.97 Å². The molecule has 0 aliphatic heterocycles. The van der Waals surface area contributed by atoms with E-state index in [1.54, 1.807) is 13.0 Å². The Balaban J connectivity index is 2.26. The van der Waals surface area contributed by atoms with Crippen molar-refractivity contribution in [2.45, 2.75) is 20.4 Å². The van der Waals surface area contributed by atoms with E-state index in [9.17, 15) is 9.59 Å². The van der Waals surface area contributed by atoms with Crippen molar-refractivity contribution in [3.63, 3.8) is 0 Å². The van der Waals surface area contributed by atoms with Crippen LogP contribution in [0.2, 0.25) is 0 Å². The van der Waals surface area contributed by atoms with Gasteiger partial charge in [0.1, 0.15) is 0 Å². The highest BCUT2D eigenvalue weighted by Crippen LogP contribution is 2.16. The lowest BCUT2D eigenvalue weighted by molar-refractivity contribution is 0.0519. The van der Waals surface area contributed by atoms with Crippen LogP contribution >= 0.6 is 0 Å². The minimum Gasteiger partial charge on any atom is -0.461 e. The molecule has 0 unspecified atom stereocenters. The Morgan fingerprint density at radius 3 is 2.55 bits per heavy atom. The smallest absolute Gasteiger partial charge is 0.358 e. The molecular formula is C16H19N3O3. The highest BCUT2D eigenvalue weighted by Gasteiger charge is 2.18. The number of benzene rings is 1. The van der Waals surface area contributed by atoms with Crippen molar-refractivity contribution < 1.29 is 14.3 Å². The molecule has 22 heavy (non-hydrogen) atoms. The summed E-state index contributed by atoms with van der Waals surface area (Å²) in [6, 6.07) is 11.4. The Labute approximate surface area is 129 Å². The molecule has 0 bridgehead atoms. The van der Waals surface area contributed by atoms with Crippen LogP contribution in [0.5, 0.6) is 0 Å². The van der Waals surface area contributed by atoms with E-state index in [2.05, 4.69) is 5.10 Å². The fraction of sp³-hybridized carbons (Fsp3) is 0.312.